The number of carbonyl (C=O) groups excluding carboxylic acids is 1. The van der Waals surface area contributed by atoms with E-state index in [-0.39, 0.29) is 5.78 Å². The third kappa shape index (κ3) is 7.15. The highest BCUT2D eigenvalue weighted by atomic mass is 35.5. The predicted molar refractivity (Wildman–Crippen MR) is 155 cm³/mol. The molecule has 0 spiro atoms. The summed E-state index contributed by atoms with van der Waals surface area (Å²) in [5, 5.41) is 1.45. The minimum atomic E-state index is 0.134. The first-order chi connectivity index (χ1) is 18.5. The number of aryl methyl sites for hydroxylation is 2. The molecule has 5 nitrogen and oxygen atoms in total. The first kappa shape index (κ1) is 28.1. The van der Waals surface area contributed by atoms with Gasteiger partial charge in [0, 0.05) is 59.5 Å². The van der Waals surface area contributed by atoms with Crippen LogP contribution in [0.3, 0.4) is 0 Å². The van der Waals surface area contributed by atoms with Crippen LogP contribution in [0.5, 0.6) is 0 Å². The molecule has 200 valence electrons. The van der Waals surface area contributed by atoms with Gasteiger partial charge in [0.2, 0.25) is 0 Å². The zero-order valence-electron chi connectivity index (χ0n) is 22.3. The van der Waals surface area contributed by atoms with Crippen molar-refractivity contribution in [2.75, 3.05) is 0 Å². The van der Waals surface area contributed by atoms with Crippen LogP contribution in [0.1, 0.15) is 73.7 Å². The van der Waals surface area contributed by atoms with Gasteiger partial charge >= 0.3 is 0 Å². The molecule has 0 saturated carbocycles. The molecule has 0 aliphatic rings. The summed E-state index contributed by atoms with van der Waals surface area (Å²) in [5.41, 5.74) is 3.89. The zero-order valence-corrected chi connectivity index (χ0v) is 23.8. The quantitative estimate of drug-likeness (QED) is 0.163. The van der Waals surface area contributed by atoms with Gasteiger partial charge in [-0.25, -0.2) is 9.97 Å². The van der Waals surface area contributed by atoms with Crippen molar-refractivity contribution in [3.63, 3.8) is 0 Å². The minimum Gasteiger partial charge on any atom is -0.327 e. The number of ketones is 1. The van der Waals surface area contributed by atoms with Gasteiger partial charge in [-0.3, -0.25) is 4.79 Å². The standard InChI is InChI=1S/C31H36Cl2N4O/c1-3-5-15-30-34-19-25(36(30)21-23-11-7-9-13-28(23)32)17-27(38)18-26-20-35-31(16-6-4-2)37(26)22-24-12-8-10-14-29(24)33/h7-14,19-20H,3-6,15-18,21-22H2,1-2H3. The smallest absolute Gasteiger partial charge is 0.144 e. The van der Waals surface area contributed by atoms with E-state index in [0.29, 0.717) is 25.9 Å². The van der Waals surface area contributed by atoms with Crippen molar-refractivity contribution in [3.05, 3.63) is 105 Å². The Hall–Kier alpha value is -2.89. The molecule has 0 unspecified atom stereocenters. The van der Waals surface area contributed by atoms with Crippen LogP contribution in [-0.2, 0) is 43.6 Å². The van der Waals surface area contributed by atoms with Crippen LogP contribution in [0.25, 0.3) is 0 Å². The normalized spacial score (nSPS) is 11.3. The van der Waals surface area contributed by atoms with Gasteiger partial charge in [0.1, 0.15) is 17.4 Å². The zero-order chi connectivity index (χ0) is 26.9. The number of benzene rings is 2. The number of halogens is 2. The Bertz CT molecular complexity index is 1260. The van der Waals surface area contributed by atoms with E-state index in [9.17, 15) is 4.79 Å². The third-order valence-corrected chi connectivity index (χ3v) is 7.62. The number of aromatic nitrogens is 4. The SMILES string of the molecule is CCCCc1ncc(CC(=O)Cc2cnc(CCCC)n2Cc2ccccc2Cl)n1Cc1ccccc1Cl. The second-order valence-corrected chi connectivity index (χ2v) is 10.6. The molecule has 0 radical (unpaired) electrons. The summed E-state index contributed by atoms with van der Waals surface area (Å²) in [5.74, 6) is 2.13. The van der Waals surface area contributed by atoms with E-state index in [2.05, 4.69) is 23.0 Å². The Morgan fingerprint density at radius 1 is 0.711 bits per heavy atom. The number of nitrogens with zero attached hydrogens (tertiary/aromatic N) is 4. The van der Waals surface area contributed by atoms with E-state index in [4.69, 9.17) is 33.2 Å². The van der Waals surface area contributed by atoms with Crippen LogP contribution in [0, 0.1) is 0 Å². The van der Waals surface area contributed by atoms with E-state index in [1.807, 2.05) is 60.9 Å². The Balaban J connectivity index is 1.56. The lowest BCUT2D eigenvalue weighted by atomic mass is 10.1. The van der Waals surface area contributed by atoms with Gasteiger partial charge in [-0.2, -0.15) is 0 Å². The van der Waals surface area contributed by atoms with Gasteiger partial charge in [0.05, 0.1) is 13.1 Å². The van der Waals surface area contributed by atoms with Gasteiger partial charge in [-0.15, -0.1) is 0 Å². The lowest BCUT2D eigenvalue weighted by molar-refractivity contribution is -0.118. The molecule has 0 N–H and O–H groups in total. The van der Waals surface area contributed by atoms with E-state index in [1.54, 1.807) is 0 Å². The molecule has 0 fully saturated rings. The van der Waals surface area contributed by atoms with Crippen molar-refractivity contribution in [1.29, 1.82) is 0 Å². The number of hydrogen-bond acceptors (Lipinski definition) is 3. The summed E-state index contributed by atoms with van der Waals surface area (Å²) in [6.45, 7) is 5.55. The Kier molecular flexibility index (Phi) is 10.2. The molecular weight excluding hydrogens is 515 g/mol. The molecule has 4 rings (SSSR count). The van der Waals surface area contributed by atoms with Gasteiger partial charge < -0.3 is 9.13 Å². The molecule has 0 aliphatic heterocycles. The predicted octanol–water partition coefficient (Wildman–Crippen LogP) is 7.52. The average molecular weight is 552 g/mol. The molecule has 7 heteroatoms. The monoisotopic (exact) mass is 550 g/mol. The van der Waals surface area contributed by atoms with E-state index in [0.717, 1.165) is 82.7 Å². The number of carbonyl (C=O) groups is 1. The fourth-order valence-electron chi connectivity index (χ4n) is 4.71. The summed E-state index contributed by atoms with van der Waals surface area (Å²) in [6.07, 6.45) is 10.4. The first-order valence-corrected chi connectivity index (χ1v) is 14.3. The number of hydrogen-bond donors (Lipinski definition) is 0. The van der Waals surface area contributed by atoms with Gasteiger partial charge in [0.15, 0.2) is 0 Å². The Labute approximate surface area is 235 Å². The largest absolute Gasteiger partial charge is 0.327 e. The molecule has 0 saturated heterocycles. The summed E-state index contributed by atoms with van der Waals surface area (Å²) in [4.78, 5) is 22.8. The highest BCUT2D eigenvalue weighted by Crippen LogP contribution is 2.22. The highest BCUT2D eigenvalue weighted by molar-refractivity contribution is 6.31. The van der Waals surface area contributed by atoms with E-state index >= 15 is 0 Å². The molecule has 4 aromatic rings. The molecule has 0 bridgehead atoms. The molecular formula is C31H36Cl2N4O. The first-order valence-electron chi connectivity index (χ1n) is 13.5. The second kappa shape index (κ2) is 13.8. The fraction of sp³-hybridized carbons (Fsp3) is 0.387. The molecule has 2 heterocycles. The maximum atomic E-state index is 13.4. The topological polar surface area (TPSA) is 52.7 Å². The maximum Gasteiger partial charge on any atom is 0.144 e. The molecule has 38 heavy (non-hydrogen) atoms. The van der Waals surface area contributed by atoms with Crippen LogP contribution in [0.15, 0.2) is 60.9 Å². The van der Waals surface area contributed by atoms with Crippen LogP contribution in [0.2, 0.25) is 10.0 Å². The van der Waals surface area contributed by atoms with Crippen LogP contribution in [-0.4, -0.2) is 24.9 Å². The summed E-state index contributed by atoms with van der Waals surface area (Å²) in [7, 11) is 0. The number of Topliss-reactive ketones (excluding diaryl/α,β-unsaturated/α-hetero) is 1. The Morgan fingerprint density at radius 3 is 1.53 bits per heavy atom. The molecule has 2 aromatic carbocycles. The van der Waals surface area contributed by atoms with Crippen LogP contribution < -0.4 is 0 Å². The van der Waals surface area contributed by atoms with Crippen molar-refractivity contribution < 1.29 is 4.79 Å². The number of imidazole rings is 2. The lowest BCUT2D eigenvalue weighted by Gasteiger charge is -2.15. The van der Waals surface area contributed by atoms with E-state index < -0.39 is 0 Å². The van der Waals surface area contributed by atoms with Crippen LogP contribution in [0.4, 0.5) is 0 Å². The van der Waals surface area contributed by atoms with Crippen molar-refractivity contribution >= 4 is 29.0 Å². The molecule has 0 aliphatic carbocycles. The lowest BCUT2D eigenvalue weighted by Crippen LogP contribution is -2.16. The van der Waals surface area contributed by atoms with Crippen LogP contribution >= 0.6 is 23.2 Å². The maximum absolute atomic E-state index is 13.4. The average Bonchev–Trinajstić information content (AvgIpc) is 3.47. The van der Waals surface area contributed by atoms with Crippen molar-refractivity contribution in [2.45, 2.75) is 78.3 Å². The van der Waals surface area contributed by atoms with Crippen molar-refractivity contribution in [3.8, 4) is 0 Å². The van der Waals surface area contributed by atoms with Crippen molar-refractivity contribution in [2.24, 2.45) is 0 Å². The summed E-state index contributed by atoms with van der Waals surface area (Å²) >= 11 is 13.0. The summed E-state index contributed by atoms with van der Waals surface area (Å²) in [6, 6.07) is 15.7. The second-order valence-electron chi connectivity index (χ2n) is 9.79. The van der Waals surface area contributed by atoms with Gasteiger partial charge in [0.25, 0.3) is 0 Å². The van der Waals surface area contributed by atoms with Gasteiger partial charge in [-0.05, 0) is 36.1 Å². The van der Waals surface area contributed by atoms with E-state index in [1.165, 1.54) is 0 Å². The molecule has 2 aromatic heterocycles. The minimum absolute atomic E-state index is 0.134. The fourth-order valence-corrected chi connectivity index (χ4v) is 5.10. The molecule has 0 atom stereocenters. The molecule has 0 amide bonds. The number of rotatable bonds is 14. The van der Waals surface area contributed by atoms with Crippen molar-refractivity contribution in [1.82, 2.24) is 19.1 Å². The number of unbranched alkanes of at least 4 members (excludes halogenated alkanes) is 2. The Morgan fingerprint density at radius 2 is 1.13 bits per heavy atom. The third-order valence-electron chi connectivity index (χ3n) is 6.88. The highest BCUT2D eigenvalue weighted by Gasteiger charge is 2.18. The van der Waals surface area contributed by atoms with Gasteiger partial charge in [-0.1, -0.05) is 86.3 Å². The summed E-state index contributed by atoms with van der Waals surface area (Å²) < 4.78 is 4.34.